The van der Waals surface area contributed by atoms with Crippen LogP contribution in [0.4, 0.5) is 0 Å². The molecule has 21 heavy (non-hydrogen) atoms. The minimum Gasteiger partial charge on any atom is -0.379 e. The van der Waals surface area contributed by atoms with Gasteiger partial charge in [0, 0.05) is 24.6 Å². The Kier molecular flexibility index (Phi) is 9.86. The molecule has 124 valence electrons. The summed E-state index contributed by atoms with van der Waals surface area (Å²) in [4.78, 5) is 0. The van der Waals surface area contributed by atoms with Gasteiger partial charge in [-0.3, -0.25) is 0 Å². The molecule has 0 fully saturated rings. The Hall–Kier alpha value is -0.470. The van der Waals surface area contributed by atoms with Crippen LogP contribution in [0.15, 0.2) is 11.5 Å². The third-order valence-corrected chi connectivity index (χ3v) is 4.36. The van der Waals surface area contributed by atoms with Crippen molar-refractivity contribution in [3.63, 3.8) is 0 Å². The van der Waals surface area contributed by atoms with Gasteiger partial charge in [0.25, 0.3) is 0 Å². The maximum atomic E-state index is 11.2. The van der Waals surface area contributed by atoms with E-state index in [4.69, 9.17) is 14.2 Å². The molecule has 1 aliphatic rings. The standard InChI is InChI=1S/C14H27NO5S/c1-2-3-6-18-8-10-20-11-9-19-7-5-15-14-4-12-21(16,17)13-14/h4,12,14-15H,2-3,5-11,13H2,1H3. The maximum absolute atomic E-state index is 11.2. The fraction of sp³-hybridized carbons (Fsp3) is 0.857. The van der Waals surface area contributed by atoms with Crippen molar-refractivity contribution >= 4 is 9.84 Å². The van der Waals surface area contributed by atoms with E-state index in [9.17, 15) is 8.42 Å². The minimum absolute atomic E-state index is 0.0879. The SMILES string of the molecule is CCCCOCCOCCOCCNC1C=CS(=O)(=O)C1. The summed E-state index contributed by atoms with van der Waals surface area (Å²) in [6.07, 6.45) is 3.91. The van der Waals surface area contributed by atoms with Gasteiger partial charge in [-0.05, 0) is 6.42 Å². The number of sulfone groups is 1. The zero-order valence-corrected chi connectivity index (χ0v) is 13.6. The second-order valence-electron chi connectivity index (χ2n) is 4.91. The van der Waals surface area contributed by atoms with E-state index in [0.717, 1.165) is 19.4 Å². The van der Waals surface area contributed by atoms with Gasteiger partial charge in [0.2, 0.25) is 0 Å². The van der Waals surface area contributed by atoms with Crippen molar-refractivity contribution < 1.29 is 22.6 Å². The average Bonchev–Trinajstić information content (AvgIpc) is 2.79. The Balaban J connectivity index is 1.78. The van der Waals surface area contributed by atoms with Gasteiger partial charge in [0.1, 0.15) is 0 Å². The molecule has 1 aliphatic heterocycles. The van der Waals surface area contributed by atoms with E-state index >= 15 is 0 Å². The molecule has 0 amide bonds. The molecule has 0 bridgehead atoms. The van der Waals surface area contributed by atoms with Crippen LogP contribution >= 0.6 is 0 Å². The summed E-state index contributed by atoms with van der Waals surface area (Å²) in [6.45, 7) is 6.41. The van der Waals surface area contributed by atoms with Crippen LogP contribution in [0.5, 0.6) is 0 Å². The highest BCUT2D eigenvalue weighted by Gasteiger charge is 2.20. The van der Waals surface area contributed by atoms with Crippen LogP contribution < -0.4 is 5.32 Å². The number of unbranched alkanes of at least 4 members (excludes halogenated alkanes) is 1. The molecule has 0 aromatic carbocycles. The number of nitrogens with one attached hydrogen (secondary N) is 1. The molecular weight excluding hydrogens is 294 g/mol. The molecule has 1 rings (SSSR count). The molecule has 6 nitrogen and oxygen atoms in total. The largest absolute Gasteiger partial charge is 0.379 e. The smallest absolute Gasteiger partial charge is 0.173 e. The normalized spacial score (nSPS) is 20.1. The summed E-state index contributed by atoms with van der Waals surface area (Å²) in [5.74, 6) is 0.147. The summed E-state index contributed by atoms with van der Waals surface area (Å²) < 4.78 is 38.5. The Bertz CT molecular complexity index is 383. The molecule has 7 heteroatoms. The highest BCUT2D eigenvalue weighted by Crippen LogP contribution is 2.07. The Morgan fingerprint density at radius 2 is 1.67 bits per heavy atom. The molecule has 0 spiro atoms. The summed E-state index contributed by atoms with van der Waals surface area (Å²) >= 11 is 0. The van der Waals surface area contributed by atoms with E-state index in [-0.39, 0.29) is 11.8 Å². The first kappa shape index (κ1) is 18.6. The van der Waals surface area contributed by atoms with Crippen molar-refractivity contribution in [3.8, 4) is 0 Å². The molecule has 1 atom stereocenters. The summed E-state index contributed by atoms with van der Waals surface area (Å²) in [6, 6.07) is -0.0879. The van der Waals surface area contributed by atoms with E-state index in [1.165, 1.54) is 5.41 Å². The summed E-state index contributed by atoms with van der Waals surface area (Å²) in [5, 5.41) is 4.38. The van der Waals surface area contributed by atoms with Crippen LogP contribution in [-0.4, -0.2) is 66.4 Å². The van der Waals surface area contributed by atoms with Crippen molar-refractivity contribution in [2.24, 2.45) is 0 Å². The van der Waals surface area contributed by atoms with Gasteiger partial charge < -0.3 is 19.5 Å². The van der Waals surface area contributed by atoms with Gasteiger partial charge in [0.05, 0.1) is 38.8 Å². The molecule has 0 saturated heterocycles. The molecular formula is C14H27NO5S. The van der Waals surface area contributed by atoms with Crippen LogP contribution in [0.1, 0.15) is 19.8 Å². The number of hydrogen-bond donors (Lipinski definition) is 1. The quantitative estimate of drug-likeness (QED) is 0.504. The highest BCUT2D eigenvalue weighted by molar-refractivity contribution is 7.94. The average molecular weight is 321 g/mol. The molecule has 1 unspecified atom stereocenters. The first-order valence-electron chi connectivity index (χ1n) is 7.51. The highest BCUT2D eigenvalue weighted by atomic mass is 32.2. The van der Waals surface area contributed by atoms with Gasteiger partial charge in [-0.1, -0.05) is 19.4 Å². The predicted octanol–water partition coefficient (Wildman–Crippen LogP) is 0.737. The number of rotatable bonds is 13. The Morgan fingerprint density at radius 3 is 2.24 bits per heavy atom. The van der Waals surface area contributed by atoms with E-state index < -0.39 is 9.84 Å². The van der Waals surface area contributed by atoms with Crippen molar-refractivity contribution in [2.45, 2.75) is 25.8 Å². The van der Waals surface area contributed by atoms with Gasteiger partial charge in [-0.25, -0.2) is 8.42 Å². The third-order valence-electron chi connectivity index (χ3n) is 2.97. The lowest BCUT2D eigenvalue weighted by atomic mass is 10.3. The van der Waals surface area contributed by atoms with Crippen molar-refractivity contribution in [1.29, 1.82) is 0 Å². The maximum Gasteiger partial charge on any atom is 0.173 e. The van der Waals surface area contributed by atoms with E-state index in [0.29, 0.717) is 39.6 Å². The van der Waals surface area contributed by atoms with Crippen LogP contribution in [0, 0.1) is 0 Å². The van der Waals surface area contributed by atoms with E-state index in [1.807, 2.05) is 0 Å². The first-order chi connectivity index (χ1) is 10.1. The van der Waals surface area contributed by atoms with E-state index in [2.05, 4.69) is 12.2 Å². The lowest BCUT2D eigenvalue weighted by Crippen LogP contribution is -2.32. The van der Waals surface area contributed by atoms with Gasteiger partial charge >= 0.3 is 0 Å². The summed E-state index contributed by atoms with van der Waals surface area (Å²) in [5.41, 5.74) is 0. The van der Waals surface area contributed by atoms with Gasteiger partial charge in [-0.15, -0.1) is 0 Å². The van der Waals surface area contributed by atoms with Gasteiger partial charge in [-0.2, -0.15) is 0 Å². The molecule has 0 aromatic heterocycles. The number of ether oxygens (including phenoxy) is 3. The van der Waals surface area contributed by atoms with Crippen LogP contribution in [0.3, 0.4) is 0 Å². The molecule has 0 saturated carbocycles. The van der Waals surface area contributed by atoms with Crippen molar-refractivity contribution in [3.05, 3.63) is 11.5 Å². The second-order valence-corrected chi connectivity index (χ2v) is 6.84. The number of hydrogen-bond acceptors (Lipinski definition) is 6. The topological polar surface area (TPSA) is 73.9 Å². The van der Waals surface area contributed by atoms with Crippen LogP contribution in [0.25, 0.3) is 0 Å². The molecule has 1 N–H and O–H groups in total. The molecule has 0 aromatic rings. The zero-order chi connectivity index (χ0) is 15.4. The predicted molar refractivity (Wildman–Crippen MR) is 82.1 cm³/mol. The molecule has 0 radical (unpaired) electrons. The fourth-order valence-corrected chi connectivity index (χ4v) is 3.08. The van der Waals surface area contributed by atoms with Crippen molar-refractivity contribution in [2.75, 3.05) is 51.9 Å². The monoisotopic (exact) mass is 321 g/mol. The molecule has 0 aliphatic carbocycles. The lowest BCUT2D eigenvalue weighted by molar-refractivity contribution is 0.0145. The zero-order valence-electron chi connectivity index (χ0n) is 12.8. The summed E-state index contributed by atoms with van der Waals surface area (Å²) in [7, 11) is -2.98. The Morgan fingerprint density at radius 1 is 1.05 bits per heavy atom. The van der Waals surface area contributed by atoms with Gasteiger partial charge in [0.15, 0.2) is 9.84 Å². The lowest BCUT2D eigenvalue weighted by Gasteiger charge is -2.10. The van der Waals surface area contributed by atoms with Crippen LogP contribution in [0.2, 0.25) is 0 Å². The fourth-order valence-electron chi connectivity index (χ4n) is 1.81. The second kappa shape index (κ2) is 11.1. The van der Waals surface area contributed by atoms with Crippen molar-refractivity contribution in [1.82, 2.24) is 5.32 Å². The molecule has 1 heterocycles. The third kappa shape index (κ3) is 9.97. The minimum atomic E-state index is -2.98. The van der Waals surface area contributed by atoms with E-state index in [1.54, 1.807) is 6.08 Å². The Labute approximate surface area is 127 Å². The van der Waals surface area contributed by atoms with Crippen LogP contribution in [-0.2, 0) is 24.0 Å². The first-order valence-corrected chi connectivity index (χ1v) is 9.23.